The van der Waals surface area contributed by atoms with Gasteiger partial charge in [0, 0.05) is 7.11 Å². The third-order valence-corrected chi connectivity index (χ3v) is 17.5. The van der Waals surface area contributed by atoms with Crippen molar-refractivity contribution in [2.45, 2.75) is 150 Å². The summed E-state index contributed by atoms with van der Waals surface area (Å²) >= 11 is 0. The zero-order chi connectivity index (χ0) is 43.1. The van der Waals surface area contributed by atoms with Crippen molar-refractivity contribution in [3.05, 3.63) is 12.7 Å². The van der Waals surface area contributed by atoms with Gasteiger partial charge in [0.2, 0.25) is 6.67 Å². The quantitative estimate of drug-likeness (QED) is 0.0620. The molecule has 3 aliphatic heterocycles. The Balaban J connectivity index is 0.000000266. The summed E-state index contributed by atoms with van der Waals surface area (Å²) in [7, 11) is -10.6. The SMILES string of the molecule is CCCC[N+](CCCC)(CCCC)C[N+](CCCC)(CCCC)CCCC.COC1O[C@@H]2[C@H](O1)[C@@H](COP1OP(=O)([O-])CP(=O)([O-])O1)O[C@H]2n1cnc2c(N)ncnc21. The number of hydrogen-bond acceptors (Lipinski definition) is 15. The molecule has 3 unspecified atom stereocenters. The van der Waals surface area contributed by atoms with E-state index in [4.69, 9.17) is 29.2 Å². The number of fused-ring (bicyclic) bond motifs is 2. The first-order chi connectivity index (χ1) is 28.2. The van der Waals surface area contributed by atoms with Crippen LogP contribution in [0.3, 0.4) is 0 Å². The van der Waals surface area contributed by atoms with Crippen molar-refractivity contribution in [1.29, 1.82) is 0 Å². The van der Waals surface area contributed by atoms with Crippen LogP contribution in [0.4, 0.5) is 5.82 Å². The Morgan fingerprint density at radius 3 is 1.69 bits per heavy atom. The molecule has 340 valence electrons. The fraction of sp³-hybridized carbons (Fsp3) is 0.868. The molecular formula is C38H72N7O11P3. The van der Waals surface area contributed by atoms with Crippen molar-refractivity contribution in [2.75, 3.05) is 71.3 Å². The highest BCUT2D eigenvalue weighted by Crippen LogP contribution is 2.72. The summed E-state index contributed by atoms with van der Waals surface area (Å²) in [6.45, 7) is 22.9. The fourth-order valence-electron chi connectivity index (χ4n) is 8.19. The zero-order valence-electron chi connectivity index (χ0n) is 36.5. The van der Waals surface area contributed by atoms with Gasteiger partial charge in [-0.15, -0.1) is 0 Å². The number of aromatic nitrogens is 4. The number of nitrogens with zero attached hydrogens (tertiary/aromatic N) is 6. The molecule has 2 aromatic rings. The molecule has 0 bridgehead atoms. The van der Waals surface area contributed by atoms with Crippen LogP contribution in [0, 0.1) is 0 Å². The lowest BCUT2D eigenvalue weighted by atomic mass is 10.1. The molecule has 21 heteroatoms. The number of anilines is 1. The van der Waals surface area contributed by atoms with Gasteiger partial charge < -0.3 is 48.1 Å². The molecule has 3 fully saturated rings. The second-order valence-corrected chi connectivity index (χ2v) is 21.8. The third-order valence-electron chi connectivity index (χ3n) is 11.3. The zero-order valence-corrected chi connectivity index (χ0v) is 39.2. The minimum Gasteiger partial charge on any atom is -0.778 e. The molecule has 18 nitrogen and oxygen atoms in total. The molecular weight excluding hydrogens is 823 g/mol. The first-order valence-corrected chi connectivity index (χ1v) is 26.3. The highest BCUT2D eigenvalue weighted by molar-refractivity contribution is 7.78. The average Bonchev–Trinajstić information content (AvgIpc) is 3.92. The number of methoxy groups -OCH3 is 1. The molecule has 0 saturated carbocycles. The average molecular weight is 896 g/mol. The maximum Gasteiger partial charge on any atom is 0.343 e. The largest absolute Gasteiger partial charge is 0.778 e. The number of unbranched alkanes of at least 4 members (excludes halogenated alkanes) is 6. The standard InChI is InChI=1S/C25H56N2.C13H18N5O11P3/c1-7-13-19-26(20-14-8-2,21-15-9-3)25-27(22-16-10-4,23-17-11-5)24-18-12-6;1-23-13-26-8-6(2-24-30-28-31(19,20)5-32(21,22)29-30)25-12(9(8)27-13)18-4-17-7-10(14)15-3-16-11(7)18/h7-25H2,1-6H3;3-4,6,8-9,12-13H,2,5H2,1H3,(H,19,20)(H,21,22)(H2,14,15,16)/q+2;/p-2/t;6-,8-,9-,12-,13?/m.1/s1. The first-order valence-electron chi connectivity index (χ1n) is 21.8. The lowest BCUT2D eigenvalue weighted by Gasteiger charge is -2.48. The van der Waals surface area contributed by atoms with Crippen molar-refractivity contribution < 1.29 is 60.0 Å². The Morgan fingerprint density at radius 2 is 1.24 bits per heavy atom. The number of quaternary nitrogens is 2. The van der Waals surface area contributed by atoms with Gasteiger partial charge in [0.05, 0.1) is 58.1 Å². The fourth-order valence-corrected chi connectivity index (χ4v) is 13.9. The van der Waals surface area contributed by atoms with Crippen LogP contribution in [0.25, 0.3) is 11.2 Å². The van der Waals surface area contributed by atoms with Crippen LogP contribution in [0.5, 0.6) is 0 Å². The Kier molecular flexibility index (Phi) is 20.5. The molecule has 0 aliphatic carbocycles. The summed E-state index contributed by atoms with van der Waals surface area (Å²) in [6.07, 6.45) is 16.2. The van der Waals surface area contributed by atoms with Crippen LogP contribution in [0.15, 0.2) is 12.7 Å². The maximum absolute atomic E-state index is 11.7. The van der Waals surface area contributed by atoms with Gasteiger partial charge in [-0.05, 0) is 38.5 Å². The molecule has 2 N–H and O–H groups in total. The topological polar surface area (TPSA) is 214 Å². The van der Waals surface area contributed by atoms with E-state index in [9.17, 15) is 18.9 Å². The predicted molar refractivity (Wildman–Crippen MR) is 223 cm³/mol. The van der Waals surface area contributed by atoms with Crippen molar-refractivity contribution in [3.63, 3.8) is 0 Å². The summed E-state index contributed by atoms with van der Waals surface area (Å²) < 4.78 is 64.8. The summed E-state index contributed by atoms with van der Waals surface area (Å²) in [6, 6.07) is 0. The number of nitrogens with two attached hydrogens (primary N) is 1. The van der Waals surface area contributed by atoms with E-state index in [1.54, 1.807) is 4.57 Å². The Hall–Kier alpha value is -1.20. The first kappa shape index (κ1) is 50.4. The van der Waals surface area contributed by atoms with E-state index in [1.807, 2.05) is 0 Å². The van der Waals surface area contributed by atoms with Gasteiger partial charge in [0.15, 0.2) is 32.9 Å². The third kappa shape index (κ3) is 14.4. The van der Waals surface area contributed by atoms with Crippen LogP contribution in [-0.4, -0.2) is 119 Å². The predicted octanol–water partition coefficient (Wildman–Crippen LogP) is 6.75. The van der Waals surface area contributed by atoms with Crippen LogP contribution < -0.4 is 15.5 Å². The molecule has 7 atom stereocenters. The van der Waals surface area contributed by atoms with Crippen molar-refractivity contribution in [2.24, 2.45) is 0 Å². The van der Waals surface area contributed by atoms with E-state index in [-0.39, 0.29) is 12.4 Å². The minimum absolute atomic E-state index is 0.181. The van der Waals surface area contributed by atoms with Crippen LogP contribution in [0.2, 0.25) is 0 Å². The molecule has 2 aromatic heterocycles. The van der Waals surface area contributed by atoms with Gasteiger partial charge in [0.1, 0.15) is 30.2 Å². The number of rotatable bonds is 25. The molecule has 0 radical (unpaired) electrons. The van der Waals surface area contributed by atoms with Gasteiger partial charge in [-0.25, -0.2) is 15.0 Å². The van der Waals surface area contributed by atoms with Crippen LogP contribution in [-0.2, 0) is 41.2 Å². The summed E-state index contributed by atoms with van der Waals surface area (Å²) in [5.41, 5.74) is 6.58. The normalized spacial score (nSPS) is 28.5. The lowest BCUT2D eigenvalue weighted by molar-refractivity contribution is -1.10. The van der Waals surface area contributed by atoms with E-state index in [0.29, 0.717) is 11.2 Å². The van der Waals surface area contributed by atoms with E-state index in [1.165, 1.54) is 152 Å². The van der Waals surface area contributed by atoms with E-state index < -0.39 is 60.7 Å². The molecule has 3 aliphatic rings. The highest BCUT2D eigenvalue weighted by Gasteiger charge is 2.54. The molecule has 0 amide bonds. The Bertz CT molecular complexity index is 1550. The van der Waals surface area contributed by atoms with Crippen molar-refractivity contribution >= 4 is 40.8 Å². The van der Waals surface area contributed by atoms with Crippen LogP contribution in [0.1, 0.15) is 125 Å². The minimum atomic E-state index is -4.65. The number of ether oxygens (including phenoxy) is 4. The van der Waals surface area contributed by atoms with Gasteiger partial charge >= 0.3 is 8.60 Å². The second-order valence-electron chi connectivity index (χ2n) is 16.2. The van der Waals surface area contributed by atoms with Crippen LogP contribution >= 0.6 is 23.8 Å². The summed E-state index contributed by atoms with van der Waals surface area (Å²) in [5.74, 6) is -1.06. The van der Waals surface area contributed by atoms with Gasteiger partial charge in [0.25, 0.3) is 6.48 Å². The maximum atomic E-state index is 11.7. The van der Waals surface area contributed by atoms with E-state index in [0.717, 1.165) is 0 Å². The Morgan fingerprint density at radius 1 is 0.763 bits per heavy atom. The van der Waals surface area contributed by atoms with Gasteiger partial charge in [-0.1, -0.05) is 80.1 Å². The molecule has 5 heterocycles. The van der Waals surface area contributed by atoms with E-state index >= 15 is 0 Å². The second kappa shape index (κ2) is 24.0. The highest BCUT2D eigenvalue weighted by atomic mass is 31.3. The number of nitrogen functional groups attached to an aromatic ring is 1. The van der Waals surface area contributed by atoms with Gasteiger partial charge in [-0.3, -0.25) is 22.2 Å². The summed E-state index contributed by atoms with van der Waals surface area (Å²) in [5, 5.41) is 0. The van der Waals surface area contributed by atoms with Gasteiger partial charge in [-0.2, -0.15) is 0 Å². The Labute approximate surface area is 353 Å². The lowest BCUT2D eigenvalue weighted by Crippen LogP contribution is -2.64. The molecule has 5 rings (SSSR count). The van der Waals surface area contributed by atoms with E-state index in [2.05, 4.69) is 65.1 Å². The van der Waals surface area contributed by atoms with Crippen molar-refractivity contribution in [3.8, 4) is 0 Å². The molecule has 3 saturated heterocycles. The molecule has 0 aromatic carbocycles. The monoisotopic (exact) mass is 895 g/mol. The number of imidazole rings is 1. The smallest absolute Gasteiger partial charge is 0.343 e. The summed E-state index contributed by atoms with van der Waals surface area (Å²) in [4.78, 5) is 35.6. The molecule has 0 spiro atoms. The molecule has 59 heavy (non-hydrogen) atoms. The number of hydrogen-bond donors (Lipinski definition) is 1. The van der Waals surface area contributed by atoms with Crippen molar-refractivity contribution in [1.82, 2.24) is 19.5 Å².